The number of imide groups is 1. The fraction of sp³-hybridized carbons (Fsp3) is 0.512. The van der Waals surface area contributed by atoms with Gasteiger partial charge in [0.1, 0.15) is 10.7 Å². The van der Waals surface area contributed by atoms with E-state index in [1.54, 1.807) is 30.3 Å². The highest BCUT2D eigenvalue weighted by molar-refractivity contribution is 9.10. The zero-order valence-corrected chi connectivity index (χ0v) is 33.8. The van der Waals surface area contributed by atoms with Gasteiger partial charge < -0.3 is 26.0 Å². The minimum absolute atomic E-state index is 0.0520. The zero-order chi connectivity index (χ0) is 39.8. The van der Waals surface area contributed by atoms with Crippen LogP contribution in [0.4, 0.5) is 11.4 Å². The van der Waals surface area contributed by atoms with Gasteiger partial charge in [0.25, 0.3) is 11.5 Å². The van der Waals surface area contributed by atoms with Crippen molar-refractivity contribution in [3.63, 3.8) is 0 Å². The van der Waals surface area contributed by atoms with Gasteiger partial charge in [0.2, 0.25) is 17.7 Å². The molecule has 0 radical (unpaired) electrons. The van der Waals surface area contributed by atoms with Crippen molar-refractivity contribution in [2.75, 3.05) is 37.3 Å². The Hall–Kier alpha value is -4.44. The van der Waals surface area contributed by atoms with E-state index >= 15 is 0 Å². The second-order valence-electron chi connectivity index (χ2n) is 15.4. The molecular formula is C41H53BrN8O6. The van der Waals surface area contributed by atoms with E-state index in [-0.39, 0.29) is 47.6 Å². The molecule has 0 saturated carbocycles. The van der Waals surface area contributed by atoms with Crippen LogP contribution in [0.3, 0.4) is 0 Å². The molecule has 0 aliphatic carbocycles. The number of nitrogens with zero attached hydrogens (tertiary/aromatic N) is 4. The highest BCUT2D eigenvalue weighted by Crippen LogP contribution is 2.36. The van der Waals surface area contributed by atoms with Gasteiger partial charge in [0.05, 0.1) is 17.9 Å². The maximum absolute atomic E-state index is 12.8. The molecule has 56 heavy (non-hydrogen) atoms. The molecule has 2 saturated heterocycles. The van der Waals surface area contributed by atoms with E-state index in [1.165, 1.54) is 10.2 Å². The summed E-state index contributed by atoms with van der Waals surface area (Å²) in [6.07, 6.45) is 9.60. The van der Waals surface area contributed by atoms with E-state index in [1.807, 2.05) is 30.3 Å². The number of aromatic nitrogens is 2. The SMILES string of the molecule is CN1C[C@H](Nc2cnn(C)c(=O)c2Br)C[C@H](c2ccc(C(=O)NCCCCCCCCCC(=O)Nc3ccc4c(c3)CN(C3CCC(=O)NC3=O)C4O)cc2)C1. The molecule has 3 aliphatic heterocycles. The lowest BCUT2D eigenvalue weighted by atomic mass is 9.87. The van der Waals surface area contributed by atoms with Crippen molar-refractivity contribution in [1.29, 1.82) is 0 Å². The summed E-state index contributed by atoms with van der Waals surface area (Å²) >= 11 is 3.41. The number of unbranched alkanes of at least 4 members (excludes halogenated alkanes) is 6. The highest BCUT2D eigenvalue weighted by Gasteiger charge is 2.39. The zero-order valence-electron chi connectivity index (χ0n) is 32.2. The fourth-order valence-electron chi connectivity index (χ4n) is 8.04. The number of aliphatic hydroxyl groups is 1. The molecule has 3 aromatic rings. The number of rotatable bonds is 16. The van der Waals surface area contributed by atoms with Crippen molar-refractivity contribution in [2.24, 2.45) is 7.05 Å². The lowest BCUT2D eigenvalue weighted by molar-refractivity contribution is -0.141. The normalized spacial score (nSPS) is 21.4. The summed E-state index contributed by atoms with van der Waals surface area (Å²) in [5, 5.41) is 26.8. The van der Waals surface area contributed by atoms with Crippen LogP contribution in [0.25, 0.3) is 0 Å². The van der Waals surface area contributed by atoms with Gasteiger partial charge in [-0.15, -0.1) is 0 Å². The van der Waals surface area contributed by atoms with E-state index < -0.39 is 12.3 Å². The van der Waals surface area contributed by atoms with Crippen molar-refractivity contribution in [1.82, 2.24) is 30.2 Å². The van der Waals surface area contributed by atoms with Gasteiger partial charge in [0.15, 0.2) is 0 Å². The molecule has 2 aromatic carbocycles. The summed E-state index contributed by atoms with van der Waals surface area (Å²) < 4.78 is 1.78. The van der Waals surface area contributed by atoms with Crippen LogP contribution in [0.5, 0.6) is 0 Å². The van der Waals surface area contributed by atoms with Crippen LogP contribution < -0.4 is 26.8 Å². The standard InChI is InChI=1S/C41H53BrN8O6/c1-48-23-28(20-31(25-48)45-33-22-44-49(2)41(56)37(33)42)26-11-13-27(14-12-26)38(53)43-19-9-7-5-3-4-6-8-10-35(51)46-30-15-16-32-29(21-30)24-50(40(32)55)34-17-18-36(52)47-39(34)54/h11-16,21-22,28,31,34,40,45,55H,3-10,17-20,23-25H2,1-2H3,(H,43,53)(H,46,51)(H,47,52,54)/t28-,31+,34?,40?/m0/s1. The smallest absolute Gasteiger partial charge is 0.282 e. The fourth-order valence-corrected chi connectivity index (χ4v) is 8.51. The number of aliphatic hydroxyl groups excluding tert-OH is 1. The molecule has 3 aliphatic rings. The van der Waals surface area contributed by atoms with Gasteiger partial charge >= 0.3 is 0 Å². The number of hydrogen-bond donors (Lipinski definition) is 5. The molecule has 15 heteroatoms. The number of carbonyl (C=O) groups is 4. The molecule has 14 nitrogen and oxygen atoms in total. The Kier molecular flexibility index (Phi) is 14.1. The summed E-state index contributed by atoms with van der Waals surface area (Å²) in [6, 6.07) is 12.9. The minimum atomic E-state index is -0.932. The highest BCUT2D eigenvalue weighted by atomic mass is 79.9. The minimum Gasteiger partial charge on any atom is -0.379 e. The summed E-state index contributed by atoms with van der Waals surface area (Å²) in [6.45, 7) is 2.76. The van der Waals surface area contributed by atoms with Gasteiger partial charge in [-0.25, -0.2) is 4.68 Å². The van der Waals surface area contributed by atoms with E-state index in [9.17, 15) is 29.1 Å². The first-order valence-electron chi connectivity index (χ1n) is 19.7. The number of hydrogen-bond acceptors (Lipinski definition) is 10. The van der Waals surface area contributed by atoms with Crippen LogP contribution in [0, 0.1) is 0 Å². The third-order valence-corrected chi connectivity index (χ3v) is 11.8. The van der Waals surface area contributed by atoms with Crippen LogP contribution in [-0.2, 0) is 28.0 Å². The number of nitrogens with one attached hydrogen (secondary N) is 4. The quantitative estimate of drug-likeness (QED) is 0.102. The average molecular weight is 834 g/mol. The number of anilines is 2. The predicted molar refractivity (Wildman–Crippen MR) is 217 cm³/mol. The predicted octanol–water partition coefficient (Wildman–Crippen LogP) is 4.54. The number of piperidine rings is 2. The molecule has 0 spiro atoms. The maximum Gasteiger partial charge on any atom is 0.282 e. The lowest BCUT2D eigenvalue weighted by Crippen LogP contribution is -2.51. The van der Waals surface area contributed by atoms with Gasteiger partial charge in [0, 0.05) is 68.9 Å². The number of halogens is 1. The summed E-state index contributed by atoms with van der Waals surface area (Å²) in [5.41, 5.74) is 4.57. The van der Waals surface area contributed by atoms with E-state index in [4.69, 9.17) is 0 Å². The average Bonchev–Trinajstić information content (AvgIpc) is 3.50. The molecule has 4 amide bonds. The van der Waals surface area contributed by atoms with E-state index in [0.717, 1.165) is 70.0 Å². The van der Waals surface area contributed by atoms with Crippen molar-refractivity contribution in [3.05, 3.63) is 85.7 Å². The first-order chi connectivity index (χ1) is 27.0. The van der Waals surface area contributed by atoms with Crippen molar-refractivity contribution in [2.45, 2.75) is 101 Å². The van der Waals surface area contributed by atoms with Gasteiger partial charge in [-0.1, -0.05) is 50.3 Å². The Balaban J connectivity index is 0.819. The maximum atomic E-state index is 12.8. The largest absolute Gasteiger partial charge is 0.379 e. The van der Waals surface area contributed by atoms with Gasteiger partial charge in [-0.05, 0) is 90.0 Å². The van der Waals surface area contributed by atoms with Crippen LogP contribution in [0.1, 0.15) is 110 Å². The number of likely N-dealkylation sites (tertiary alicyclic amines) is 1. The van der Waals surface area contributed by atoms with E-state index in [2.05, 4.69) is 54.2 Å². The summed E-state index contributed by atoms with van der Waals surface area (Å²) in [7, 11) is 3.72. The van der Waals surface area contributed by atoms with Crippen LogP contribution in [0.2, 0.25) is 0 Å². The van der Waals surface area contributed by atoms with Crippen LogP contribution >= 0.6 is 15.9 Å². The molecule has 300 valence electrons. The number of fused-ring (bicyclic) bond motifs is 1. The van der Waals surface area contributed by atoms with Gasteiger partial charge in [-0.2, -0.15) is 5.10 Å². The Labute approximate surface area is 335 Å². The Bertz CT molecular complexity index is 1950. The molecular weight excluding hydrogens is 780 g/mol. The Morgan fingerprint density at radius 2 is 1.70 bits per heavy atom. The summed E-state index contributed by atoms with van der Waals surface area (Å²) in [5.74, 6) is -0.506. The summed E-state index contributed by atoms with van der Waals surface area (Å²) in [4.78, 5) is 65.6. The molecule has 5 N–H and O–H groups in total. The monoisotopic (exact) mass is 832 g/mol. The number of benzene rings is 2. The lowest BCUT2D eigenvalue weighted by Gasteiger charge is -2.37. The molecule has 2 fully saturated rings. The second-order valence-corrected chi connectivity index (χ2v) is 16.2. The van der Waals surface area contributed by atoms with Crippen molar-refractivity contribution < 1.29 is 24.3 Å². The van der Waals surface area contributed by atoms with Crippen molar-refractivity contribution in [3.8, 4) is 0 Å². The number of amides is 4. The molecule has 4 atom stereocenters. The molecule has 1 aromatic heterocycles. The Morgan fingerprint density at radius 3 is 2.45 bits per heavy atom. The molecule has 4 heterocycles. The third kappa shape index (κ3) is 10.5. The topological polar surface area (TPSA) is 178 Å². The van der Waals surface area contributed by atoms with Crippen LogP contribution in [0.15, 0.2) is 57.9 Å². The third-order valence-electron chi connectivity index (χ3n) is 11.1. The van der Waals surface area contributed by atoms with Gasteiger partial charge in [-0.3, -0.25) is 34.2 Å². The first-order valence-corrected chi connectivity index (χ1v) is 20.5. The van der Waals surface area contributed by atoms with Crippen LogP contribution in [-0.4, -0.2) is 87.1 Å². The number of carbonyl (C=O) groups excluding carboxylic acids is 4. The van der Waals surface area contributed by atoms with E-state index in [0.29, 0.717) is 52.9 Å². The van der Waals surface area contributed by atoms with Crippen molar-refractivity contribution >= 4 is 50.9 Å². The molecule has 6 rings (SSSR count). The molecule has 0 bridgehead atoms. The molecule has 2 unspecified atom stereocenters. The number of likely N-dealkylation sites (N-methyl/N-ethyl adjacent to an activating group) is 1. The Morgan fingerprint density at radius 1 is 0.964 bits per heavy atom. The number of aryl methyl sites for hydroxylation is 1. The second kappa shape index (κ2) is 19.1. The first kappa shape index (κ1) is 41.2.